The van der Waals surface area contributed by atoms with E-state index in [-0.39, 0.29) is 0 Å². The minimum Gasteiger partial charge on any atom is -0.385 e. The fourth-order valence-corrected chi connectivity index (χ4v) is 2.16. The van der Waals surface area contributed by atoms with Gasteiger partial charge >= 0.3 is 0 Å². The van der Waals surface area contributed by atoms with Gasteiger partial charge in [-0.1, -0.05) is 44.2 Å². The first-order valence-electron chi connectivity index (χ1n) is 6.92. The van der Waals surface area contributed by atoms with E-state index in [9.17, 15) is 0 Å². The van der Waals surface area contributed by atoms with E-state index in [0.29, 0.717) is 17.9 Å². The number of rotatable bonds is 8. The lowest BCUT2D eigenvalue weighted by Crippen LogP contribution is -2.32. The van der Waals surface area contributed by atoms with Crippen molar-refractivity contribution in [2.75, 3.05) is 20.3 Å². The lowest BCUT2D eigenvalue weighted by molar-refractivity contribution is 0.184. The number of benzene rings is 1. The van der Waals surface area contributed by atoms with E-state index in [0.717, 1.165) is 19.6 Å². The van der Waals surface area contributed by atoms with E-state index in [1.807, 2.05) is 0 Å². The summed E-state index contributed by atoms with van der Waals surface area (Å²) in [5.74, 6) is 1.23. The monoisotopic (exact) mass is 249 g/mol. The highest BCUT2D eigenvalue weighted by Gasteiger charge is 2.16. The molecule has 102 valence electrons. The van der Waals surface area contributed by atoms with Crippen molar-refractivity contribution in [3.05, 3.63) is 35.9 Å². The Hall–Kier alpha value is -0.860. The minimum absolute atomic E-state index is 0.509. The molecule has 0 radical (unpaired) electrons. The first kappa shape index (κ1) is 15.2. The van der Waals surface area contributed by atoms with E-state index >= 15 is 0 Å². The first-order valence-corrected chi connectivity index (χ1v) is 6.92. The van der Waals surface area contributed by atoms with Gasteiger partial charge in [0, 0.05) is 26.3 Å². The van der Waals surface area contributed by atoms with E-state index in [1.165, 1.54) is 5.56 Å². The van der Waals surface area contributed by atoms with Gasteiger partial charge in [0.2, 0.25) is 0 Å². The standard InChI is InChI=1S/C16H27NO/c1-13(2)16(15-8-6-5-7-9-15)12-17-14(3)10-11-18-4/h5-9,13-14,16-17H,10-12H2,1-4H3. The second-order valence-corrected chi connectivity index (χ2v) is 5.35. The van der Waals surface area contributed by atoms with E-state index < -0.39 is 0 Å². The van der Waals surface area contributed by atoms with Crippen LogP contribution in [0.15, 0.2) is 30.3 Å². The Morgan fingerprint density at radius 2 is 1.78 bits per heavy atom. The maximum absolute atomic E-state index is 5.11. The Kier molecular flexibility index (Phi) is 6.99. The predicted molar refractivity (Wildman–Crippen MR) is 78.0 cm³/mol. The number of methoxy groups -OCH3 is 1. The highest BCUT2D eigenvalue weighted by atomic mass is 16.5. The number of ether oxygens (including phenoxy) is 1. The second kappa shape index (κ2) is 8.28. The van der Waals surface area contributed by atoms with Crippen molar-refractivity contribution in [1.29, 1.82) is 0 Å². The van der Waals surface area contributed by atoms with Gasteiger partial charge in [-0.05, 0) is 30.7 Å². The molecule has 0 amide bonds. The smallest absolute Gasteiger partial charge is 0.0476 e. The SMILES string of the molecule is COCCC(C)NCC(c1ccccc1)C(C)C. The van der Waals surface area contributed by atoms with Gasteiger partial charge in [-0.25, -0.2) is 0 Å². The Labute approximate surface area is 112 Å². The third-order valence-corrected chi connectivity index (χ3v) is 3.47. The summed E-state index contributed by atoms with van der Waals surface area (Å²) in [7, 11) is 1.76. The van der Waals surface area contributed by atoms with Gasteiger partial charge in [0.15, 0.2) is 0 Å². The van der Waals surface area contributed by atoms with Crippen LogP contribution in [0.2, 0.25) is 0 Å². The zero-order valence-corrected chi connectivity index (χ0v) is 12.1. The van der Waals surface area contributed by atoms with Crippen LogP contribution in [0.1, 0.15) is 38.7 Å². The molecule has 0 aliphatic carbocycles. The molecule has 0 saturated carbocycles. The largest absolute Gasteiger partial charge is 0.385 e. The van der Waals surface area contributed by atoms with Crippen molar-refractivity contribution in [3.63, 3.8) is 0 Å². The van der Waals surface area contributed by atoms with Crippen LogP contribution < -0.4 is 5.32 Å². The number of hydrogen-bond acceptors (Lipinski definition) is 2. The van der Waals surface area contributed by atoms with Crippen LogP contribution in [0.3, 0.4) is 0 Å². The molecular formula is C16H27NO. The molecule has 1 rings (SSSR count). The average Bonchev–Trinajstić information content (AvgIpc) is 2.37. The van der Waals surface area contributed by atoms with Gasteiger partial charge in [-0.15, -0.1) is 0 Å². The molecule has 0 fully saturated rings. The Morgan fingerprint density at radius 1 is 1.11 bits per heavy atom. The number of hydrogen-bond donors (Lipinski definition) is 1. The summed E-state index contributed by atoms with van der Waals surface area (Å²) in [5, 5.41) is 3.62. The molecule has 2 unspecified atom stereocenters. The van der Waals surface area contributed by atoms with Crippen LogP contribution in [0.25, 0.3) is 0 Å². The van der Waals surface area contributed by atoms with Gasteiger partial charge in [0.25, 0.3) is 0 Å². The zero-order valence-electron chi connectivity index (χ0n) is 12.1. The summed E-state index contributed by atoms with van der Waals surface area (Å²) in [6, 6.07) is 11.3. The van der Waals surface area contributed by atoms with E-state index in [2.05, 4.69) is 56.4 Å². The summed E-state index contributed by atoms with van der Waals surface area (Å²) >= 11 is 0. The maximum atomic E-state index is 5.11. The molecule has 2 atom stereocenters. The highest BCUT2D eigenvalue weighted by Crippen LogP contribution is 2.23. The quantitative estimate of drug-likeness (QED) is 0.762. The molecule has 0 aliphatic rings. The van der Waals surface area contributed by atoms with Crippen LogP contribution >= 0.6 is 0 Å². The molecule has 1 aromatic rings. The van der Waals surface area contributed by atoms with E-state index in [1.54, 1.807) is 7.11 Å². The second-order valence-electron chi connectivity index (χ2n) is 5.35. The van der Waals surface area contributed by atoms with Crippen molar-refractivity contribution >= 4 is 0 Å². The third-order valence-electron chi connectivity index (χ3n) is 3.47. The fourth-order valence-electron chi connectivity index (χ4n) is 2.16. The van der Waals surface area contributed by atoms with Crippen LogP contribution in [0, 0.1) is 5.92 Å². The topological polar surface area (TPSA) is 21.3 Å². The molecule has 2 heteroatoms. The van der Waals surface area contributed by atoms with Gasteiger partial charge in [-0.3, -0.25) is 0 Å². The summed E-state index contributed by atoms with van der Waals surface area (Å²) in [6.07, 6.45) is 1.07. The minimum atomic E-state index is 0.509. The molecule has 1 aromatic carbocycles. The molecule has 2 nitrogen and oxygen atoms in total. The highest BCUT2D eigenvalue weighted by molar-refractivity contribution is 5.20. The number of nitrogens with one attached hydrogen (secondary N) is 1. The molecule has 0 aliphatic heterocycles. The Balaban J connectivity index is 2.49. The molecule has 18 heavy (non-hydrogen) atoms. The molecule has 0 saturated heterocycles. The lowest BCUT2D eigenvalue weighted by Gasteiger charge is -2.24. The van der Waals surface area contributed by atoms with Gasteiger partial charge in [-0.2, -0.15) is 0 Å². The Bertz CT molecular complexity index is 310. The van der Waals surface area contributed by atoms with Crippen LogP contribution in [0.4, 0.5) is 0 Å². The van der Waals surface area contributed by atoms with Crippen molar-refractivity contribution in [3.8, 4) is 0 Å². The van der Waals surface area contributed by atoms with Crippen molar-refractivity contribution in [1.82, 2.24) is 5.32 Å². The molecule has 0 aromatic heterocycles. The molecule has 0 spiro atoms. The molecule has 0 heterocycles. The fraction of sp³-hybridized carbons (Fsp3) is 0.625. The Morgan fingerprint density at radius 3 is 2.33 bits per heavy atom. The summed E-state index contributed by atoms with van der Waals surface area (Å²) < 4.78 is 5.11. The van der Waals surface area contributed by atoms with Crippen LogP contribution in [-0.2, 0) is 4.74 Å². The van der Waals surface area contributed by atoms with Crippen molar-refractivity contribution in [2.24, 2.45) is 5.92 Å². The molecular weight excluding hydrogens is 222 g/mol. The van der Waals surface area contributed by atoms with Crippen molar-refractivity contribution < 1.29 is 4.74 Å². The average molecular weight is 249 g/mol. The summed E-state index contributed by atoms with van der Waals surface area (Å²) in [6.45, 7) is 8.66. The lowest BCUT2D eigenvalue weighted by atomic mass is 9.88. The maximum Gasteiger partial charge on any atom is 0.0476 e. The summed E-state index contributed by atoms with van der Waals surface area (Å²) in [5.41, 5.74) is 1.43. The summed E-state index contributed by atoms with van der Waals surface area (Å²) in [4.78, 5) is 0. The van der Waals surface area contributed by atoms with Crippen LogP contribution in [-0.4, -0.2) is 26.3 Å². The zero-order chi connectivity index (χ0) is 13.4. The molecule has 1 N–H and O–H groups in total. The predicted octanol–water partition coefficient (Wildman–Crippen LogP) is 3.44. The molecule has 0 bridgehead atoms. The van der Waals surface area contributed by atoms with Gasteiger partial charge in [0.05, 0.1) is 0 Å². The van der Waals surface area contributed by atoms with Crippen molar-refractivity contribution in [2.45, 2.75) is 39.2 Å². The van der Waals surface area contributed by atoms with Gasteiger partial charge < -0.3 is 10.1 Å². The third kappa shape index (κ3) is 5.19. The van der Waals surface area contributed by atoms with E-state index in [4.69, 9.17) is 4.74 Å². The van der Waals surface area contributed by atoms with Crippen LogP contribution in [0.5, 0.6) is 0 Å². The van der Waals surface area contributed by atoms with Gasteiger partial charge in [0.1, 0.15) is 0 Å². The normalized spacial score (nSPS) is 14.7. The first-order chi connectivity index (χ1) is 8.65.